The van der Waals surface area contributed by atoms with E-state index in [1.807, 2.05) is 30.3 Å². The lowest BCUT2D eigenvalue weighted by atomic mass is 10.0. The number of ether oxygens (including phenoxy) is 1. The zero-order valence-corrected chi connectivity index (χ0v) is 16.2. The molecule has 1 aliphatic heterocycles. The fraction of sp³-hybridized carbons (Fsp3) is 0.350. The Bertz CT molecular complexity index is 947. The molecule has 27 heavy (non-hydrogen) atoms. The fourth-order valence-electron chi connectivity index (χ4n) is 3.55. The van der Waals surface area contributed by atoms with Crippen molar-refractivity contribution in [3.8, 4) is 17.1 Å². The SMILES string of the molecule is COc1cc2c(-c3ccc(Cl)cc3)nnc(NC3CCCN(C)C3)c2cn1. The number of anilines is 1. The van der Waals surface area contributed by atoms with Gasteiger partial charge in [-0.3, -0.25) is 0 Å². The Morgan fingerprint density at radius 2 is 2.00 bits per heavy atom. The predicted octanol–water partition coefficient (Wildman–Crippen LogP) is 3.86. The van der Waals surface area contributed by atoms with Crippen LogP contribution in [0.5, 0.6) is 5.88 Å². The molecule has 0 aliphatic carbocycles. The van der Waals surface area contributed by atoms with Gasteiger partial charge in [0.2, 0.25) is 5.88 Å². The quantitative estimate of drug-likeness (QED) is 0.738. The van der Waals surface area contributed by atoms with Crippen LogP contribution in [-0.2, 0) is 0 Å². The lowest BCUT2D eigenvalue weighted by Gasteiger charge is -2.30. The second-order valence-electron chi connectivity index (χ2n) is 6.92. The van der Waals surface area contributed by atoms with Crippen LogP contribution < -0.4 is 10.1 Å². The van der Waals surface area contributed by atoms with E-state index in [1.165, 1.54) is 6.42 Å². The number of methoxy groups -OCH3 is 1. The molecule has 1 N–H and O–H groups in total. The van der Waals surface area contributed by atoms with E-state index in [4.69, 9.17) is 16.3 Å². The summed E-state index contributed by atoms with van der Waals surface area (Å²) >= 11 is 6.03. The highest BCUT2D eigenvalue weighted by molar-refractivity contribution is 6.30. The van der Waals surface area contributed by atoms with Crippen molar-refractivity contribution in [2.75, 3.05) is 32.6 Å². The summed E-state index contributed by atoms with van der Waals surface area (Å²) in [6.07, 6.45) is 4.10. The number of likely N-dealkylation sites (N-methyl/N-ethyl adjacent to an activating group) is 1. The predicted molar refractivity (Wildman–Crippen MR) is 108 cm³/mol. The number of piperidine rings is 1. The number of nitrogens with one attached hydrogen (secondary N) is 1. The van der Waals surface area contributed by atoms with Crippen molar-refractivity contribution in [3.05, 3.63) is 41.6 Å². The zero-order chi connectivity index (χ0) is 18.8. The molecule has 0 radical (unpaired) electrons. The largest absolute Gasteiger partial charge is 0.481 e. The smallest absolute Gasteiger partial charge is 0.213 e. The Kier molecular flexibility index (Phi) is 5.09. The number of aromatic nitrogens is 3. The summed E-state index contributed by atoms with van der Waals surface area (Å²) in [5.74, 6) is 1.31. The Morgan fingerprint density at radius 1 is 1.19 bits per heavy atom. The standard InChI is InChI=1S/C20H22ClN5O/c1-26-9-3-4-15(12-26)23-20-17-11-22-18(27-2)10-16(17)19(24-25-20)13-5-7-14(21)8-6-13/h5-8,10-11,15H,3-4,9,12H2,1-2H3,(H,23,25). The first-order valence-corrected chi connectivity index (χ1v) is 9.43. The van der Waals surface area contributed by atoms with E-state index < -0.39 is 0 Å². The summed E-state index contributed by atoms with van der Waals surface area (Å²) in [4.78, 5) is 6.71. The van der Waals surface area contributed by atoms with Gasteiger partial charge in [0.25, 0.3) is 0 Å². The zero-order valence-electron chi connectivity index (χ0n) is 15.4. The van der Waals surface area contributed by atoms with E-state index in [2.05, 4.69) is 32.4 Å². The molecule has 3 aromatic rings. The average molecular weight is 384 g/mol. The van der Waals surface area contributed by atoms with Crippen LogP contribution in [0.4, 0.5) is 5.82 Å². The van der Waals surface area contributed by atoms with Crippen molar-refractivity contribution in [1.82, 2.24) is 20.1 Å². The third-order valence-corrected chi connectivity index (χ3v) is 5.18. The fourth-order valence-corrected chi connectivity index (χ4v) is 3.67. The molecule has 1 atom stereocenters. The molecule has 2 aromatic heterocycles. The maximum atomic E-state index is 6.03. The Hall–Kier alpha value is -2.44. The molecule has 0 amide bonds. The topological polar surface area (TPSA) is 63.2 Å². The first-order valence-electron chi connectivity index (χ1n) is 9.05. The van der Waals surface area contributed by atoms with Crippen LogP contribution in [-0.4, -0.2) is 53.4 Å². The second kappa shape index (κ2) is 7.66. The number of hydrogen-bond acceptors (Lipinski definition) is 6. The summed E-state index contributed by atoms with van der Waals surface area (Å²) in [6.45, 7) is 2.13. The van der Waals surface area contributed by atoms with E-state index in [1.54, 1.807) is 13.3 Å². The number of fused-ring (bicyclic) bond motifs is 1. The molecule has 0 spiro atoms. The van der Waals surface area contributed by atoms with Gasteiger partial charge in [-0.1, -0.05) is 23.7 Å². The molecule has 0 bridgehead atoms. The van der Waals surface area contributed by atoms with Gasteiger partial charge in [0, 0.05) is 46.2 Å². The van der Waals surface area contributed by atoms with Gasteiger partial charge >= 0.3 is 0 Å². The van der Waals surface area contributed by atoms with Gasteiger partial charge in [0.05, 0.1) is 7.11 Å². The van der Waals surface area contributed by atoms with Crippen molar-refractivity contribution in [2.24, 2.45) is 0 Å². The van der Waals surface area contributed by atoms with Crippen molar-refractivity contribution < 1.29 is 4.74 Å². The van der Waals surface area contributed by atoms with Gasteiger partial charge in [-0.2, -0.15) is 0 Å². The highest BCUT2D eigenvalue weighted by atomic mass is 35.5. The molecule has 3 heterocycles. The van der Waals surface area contributed by atoms with Crippen molar-refractivity contribution >= 4 is 28.2 Å². The highest BCUT2D eigenvalue weighted by Crippen LogP contribution is 2.32. The molecule has 0 saturated carbocycles. The maximum absolute atomic E-state index is 6.03. The van der Waals surface area contributed by atoms with Crippen LogP contribution in [0.3, 0.4) is 0 Å². The molecule has 6 nitrogen and oxygen atoms in total. The van der Waals surface area contributed by atoms with Gasteiger partial charge in [-0.05, 0) is 38.6 Å². The molecular weight excluding hydrogens is 362 g/mol. The van der Waals surface area contributed by atoms with Gasteiger partial charge in [-0.15, -0.1) is 10.2 Å². The van der Waals surface area contributed by atoms with Gasteiger partial charge in [0.15, 0.2) is 5.82 Å². The number of halogens is 1. The second-order valence-corrected chi connectivity index (χ2v) is 7.36. The molecule has 1 aliphatic rings. The Balaban J connectivity index is 1.78. The molecule has 4 rings (SSSR count). The third kappa shape index (κ3) is 3.82. The summed E-state index contributed by atoms with van der Waals surface area (Å²) in [5.41, 5.74) is 1.74. The molecule has 1 fully saturated rings. The van der Waals surface area contributed by atoms with E-state index in [9.17, 15) is 0 Å². The van der Waals surface area contributed by atoms with Crippen LogP contribution in [0, 0.1) is 0 Å². The first kappa shape index (κ1) is 17.9. The average Bonchev–Trinajstić information content (AvgIpc) is 2.68. The molecule has 1 aromatic carbocycles. The van der Waals surface area contributed by atoms with Crippen LogP contribution in [0.15, 0.2) is 36.5 Å². The van der Waals surface area contributed by atoms with Crippen LogP contribution in [0.1, 0.15) is 12.8 Å². The summed E-state index contributed by atoms with van der Waals surface area (Å²) < 4.78 is 5.33. The van der Waals surface area contributed by atoms with Crippen LogP contribution in [0.2, 0.25) is 5.02 Å². The monoisotopic (exact) mass is 383 g/mol. The summed E-state index contributed by atoms with van der Waals surface area (Å²) in [7, 11) is 3.76. The van der Waals surface area contributed by atoms with Gasteiger partial charge in [-0.25, -0.2) is 4.98 Å². The number of benzene rings is 1. The minimum absolute atomic E-state index is 0.352. The molecule has 1 saturated heterocycles. The number of pyridine rings is 1. The summed E-state index contributed by atoms with van der Waals surface area (Å²) in [5, 5.41) is 15.1. The lowest BCUT2D eigenvalue weighted by molar-refractivity contribution is 0.261. The van der Waals surface area contributed by atoms with E-state index in [-0.39, 0.29) is 0 Å². The number of nitrogens with zero attached hydrogens (tertiary/aromatic N) is 4. The third-order valence-electron chi connectivity index (χ3n) is 4.93. The van der Waals surface area contributed by atoms with Gasteiger partial charge in [0.1, 0.15) is 5.69 Å². The minimum atomic E-state index is 0.352. The van der Waals surface area contributed by atoms with Crippen molar-refractivity contribution in [2.45, 2.75) is 18.9 Å². The first-order chi connectivity index (χ1) is 13.1. The number of rotatable bonds is 4. The van der Waals surface area contributed by atoms with Crippen molar-refractivity contribution in [3.63, 3.8) is 0 Å². The number of hydrogen-bond donors (Lipinski definition) is 1. The lowest BCUT2D eigenvalue weighted by Crippen LogP contribution is -2.40. The molecule has 140 valence electrons. The van der Waals surface area contributed by atoms with E-state index >= 15 is 0 Å². The maximum Gasteiger partial charge on any atom is 0.213 e. The number of likely N-dealkylation sites (tertiary alicyclic amines) is 1. The minimum Gasteiger partial charge on any atom is -0.481 e. The Labute approximate surface area is 163 Å². The molecular formula is C20H22ClN5O. The van der Waals surface area contributed by atoms with E-state index in [0.29, 0.717) is 16.9 Å². The summed E-state index contributed by atoms with van der Waals surface area (Å²) in [6, 6.07) is 9.86. The molecule has 1 unspecified atom stereocenters. The van der Waals surface area contributed by atoms with Crippen molar-refractivity contribution in [1.29, 1.82) is 0 Å². The normalized spacial score (nSPS) is 17.8. The van der Waals surface area contributed by atoms with E-state index in [0.717, 1.165) is 47.4 Å². The molecule has 7 heteroatoms. The highest BCUT2D eigenvalue weighted by Gasteiger charge is 2.20. The van der Waals surface area contributed by atoms with Crippen LogP contribution >= 0.6 is 11.6 Å². The van der Waals surface area contributed by atoms with Gasteiger partial charge < -0.3 is 15.0 Å². The van der Waals surface area contributed by atoms with Crippen LogP contribution in [0.25, 0.3) is 22.0 Å². The Morgan fingerprint density at radius 3 is 2.74 bits per heavy atom.